The van der Waals surface area contributed by atoms with Gasteiger partial charge in [-0.1, -0.05) is 13.8 Å². The standard InChI is InChI=1S/C18H24N6O/c1-13(2)8-18(25)24-7-3-4-14(12-24)15-9-22-17(11-21-15)23-16-10-19-5-6-20-16/h5-6,9-11,13-14H,3-4,7-8,12H2,1-2H3,(H,20,22,23)/t14-/m1/s1. The molecule has 1 N–H and O–H groups in total. The van der Waals surface area contributed by atoms with E-state index >= 15 is 0 Å². The second-order valence-electron chi connectivity index (χ2n) is 6.82. The Bertz CT molecular complexity index is 688. The van der Waals surface area contributed by atoms with E-state index in [9.17, 15) is 4.79 Å². The number of carbonyl (C=O) groups excluding carboxylic acids is 1. The van der Waals surface area contributed by atoms with Crippen molar-refractivity contribution < 1.29 is 4.79 Å². The van der Waals surface area contributed by atoms with E-state index in [1.165, 1.54) is 0 Å². The smallest absolute Gasteiger partial charge is 0.222 e. The van der Waals surface area contributed by atoms with Gasteiger partial charge in [0, 0.05) is 37.8 Å². The number of rotatable bonds is 5. The molecule has 0 aliphatic carbocycles. The lowest BCUT2D eigenvalue weighted by atomic mass is 9.94. The van der Waals surface area contributed by atoms with Gasteiger partial charge < -0.3 is 10.2 Å². The summed E-state index contributed by atoms with van der Waals surface area (Å²) in [5.74, 6) is 2.15. The van der Waals surface area contributed by atoms with Crippen LogP contribution in [0.25, 0.3) is 0 Å². The molecule has 0 unspecified atom stereocenters. The van der Waals surface area contributed by atoms with Crippen molar-refractivity contribution in [2.24, 2.45) is 5.92 Å². The van der Waals surface area contributed by atoms with E-state index in [2.05, 4.69) is 39.1 Å². The lowest BCUT2D eigenvalue weighted by Crippen LogP contribution is -2.39. The summed E-state index contributed by atoms with van der Waals surface area (Å²) in [6.07, 6.45) is 11.0. The third-order valence-electron chi connectivity index (χ3n) is 4.27. The highest BCUT2D eigenvalue weighted by atomic mass is 16.2. The Morgan fingerprint density at radius 1 is 1.20 bits per heavy atom. The Labute approximate surface area is 147 Å². The Morgan fingerprint density at radius 3 is 2.72 bits per heavy atom. The molecule has 3 heterocycles. The number of aromatic nitrogens is 4. The molecular formula is C18H24N6O. The number of nitrogens with one attached hydrogen (secondary N) is 1. The maximum absolute atomic E-state index is 12.3. The number of piperidine rings is 1. The monoisotopic (exact) mass is 340 g/mol. The summed E-state index contributed by atoms with van der Waals surface area (Å²) >= 11 is 0. The van der Waals surface area contributed by atoms with E-state index in [0.29, 0.717) is 24.0 Å². The van der Waals surface area contributed by atoms with Crippen LogP contribution >= 0.6 is 0 Å². The van der Waals surface area contributed by atoms with Crippen LogP contribution in [0.1, 0.15) is 44.7 Å². The molecule has 7 nitrogen and oxygen atoms in total. The molecule has 1 atom stereocenters. The normalized spacial score (nSPS) is 17.6. The molecule has 0 saturated carbocycles. The highest BCUT2D eigenvalue weighted by molar-refractivity contribution is 5.76. The van der Waals surface area contributed by atoms with Gasteiger partial charge in [-0.2, -0.15) is 0 Å². The maximum atomic E-state index is 12.3. The fourth-order valence-corrected chi connectivity index (χ4v) is 3.03. The average Bonchev–Trinajstić information content (AvgIpc) is 2.63. The van der Waals surface area contributed by atoms with Crippen LogP contribution in [0.4, 0.5) is 11.6 Å². The molecule has 2 aromatic heterocycles. The van der Waals surface area contributed by atoms with Crippen molar-refractivity contribution in [3.63, 3.8) is 0 Å². The molecule has 1 fully saturated rings. The first kappa shape index (κ1) is 17.3. The minimum absolute atomic E-state index is 0.244. The van der Waals surface area contributed by atoms with Crippen LogP contribution in [0, 0.1) is 5.92 Å². The van der Waals surface area contributed by atoms with E-state index in [-0.39, 0.29) is 11.8 Å². The lowest BCUT2D eigenvalue weighted by Gasteiger charge is -2.33. The highest BCUT2D eigenvalue weighted by Crippen LogP contribution is 2.26. The van der Waals surface area contributed by atoms with Gasteiger partial charge in [0.25, 0.3) is 0 Å². The van der Waals surface area contributed by atoms with Gasteiger partial charge in [0.2, 0.25) is 5.91 Å². The zero-order chi connectivity index (χ0) is 17.6. The van der Waals surface area contributed by atoms with Gasteiger partial charge >= 0.3 is 0 Å². The third-order valence-corrected chi connectivity index (χ3v) is 4.27. The number of hydrogen-bond donors (Lipinski definition) is 1. The Morgan fingerprint density at radius 2 is 2.04 bits per heavy atom. The molecule has 1 aliphatic heterocycles. The van der Waals surface area contributed by atoms with E-state index in [0.717, 1.165) is 31.6 Å². The molecule has 1 aliphatic rings. The summed E-state index contributed by atoms with van der Waals surface area (Å²) in [6, 6.07) is 0. The van der Waals surface area contributed by atoms with Crippen LogP contribution in [0.15, 0.2) is 31.0 Å². The minimum Gasteiger partial charge on any atom is -0.342 e. The van der Waals surface area contributed by atoms with Crippen LogP contribution in [-0.4, -0.2) is 43.8 Å². The first-order chi connectivity index (χ1) is 12.1. The maximum Gasteiger partial charge on any atom is 0.222 e. The zero-order valence-electron chi connectivity index (χ0n) is 14.7. The van der Waals surface area contributed by atoms with Gasteiger partial charge in [-0.05, 0) is 18.8 Å². The van der Waals surface area contributed by atoms with Gasteiger partial charge in [-0.15, -0.1) is 0 Å². The quantitative estimate of drug-likeness (QED) is 0.901. The van der Waals surface area contributed by atoms with E-state index < -0.39 is 0 Å². The van der Waals surface area contributed by atoms with Crippen molar-refractivity contribution in [3.05, 3.63) is 36.7 Å². The van der Waals surface area contributed by atoms with Gasteiger partial charge in [0.1, 0.15) is 11.6 Å². The van der Waals surface area contributed by atoms with Crippen molar-refractivity contribution in [2.75, 3.05) is 18.4 Å². The number of carbonyl (C=O) groups is 1. The average molecular weight is 340 g/mol. The van der Waals surface area contributed by atoms with Gasteiger partial charge in [0.15, 0.2) is 0 Å². The number of hydrogen-bond acceptors (Lipinski definition) is 6. The van der Waals surface area contributed by atoms with Crippen molar-refractivity contribution in [2.45, 2.75) is 39.0 Å². The predicted molar refractivity (Wildman–Crippen MR) is 95.4 cm³/mol. The molecule has 132 valence electrons. The second-order valence-corrected chi connectivity index (χ2v) is 6.82. The summed E-state index contributed by atoms with van der Waals surface area (Å²) < 4.78 is 0. The summed E-state index contributed by atoms with van der Waals surface area (Å²) in [5.41, 5.74) is 0.937. The van der Waals surface area contributed by atoms with Crippen molar-refractivity contribution >= 4 is 17.5 Å². The first-order valence-electron chi connectivity index (χ1n) is 8.74. The van der Waals surface area contributed by atoms with Crippen LogP contribution in [-0.2, 0) is 4.79 Å². The molecule has 0 aromatic carbocycles. The topological polar surface area (TPSA) is 83.9 Å². The molecular weight excluding hydrogens is 316 g/mol. The minimum atomic E-state index is 0.244. The number of anilines is 2. The first-order valence-corrected chi connectivity index (χ1v) is 8.74. The summed E-state index contributed by atoms with van der Waals surface area (Å²) in [4.78, 5) is 31.4. The molecule has 1 amide bonds. The van der Waals surface area contributed by atoms with E-state index in [4.69, 9.17) is 0 Å². The molecule has 0 radical (unpaired) electrons. The van der Waals surface area contributed by atoms with Crippen molar-refractivity contribution in [1.82, 2.24) is 24.8 Å². The summed E-state index contributed by atoms with van der Waals surface area (Å²) in [7, 11) is 0. The number of nitrogens with zero attached hydrogens (tertiary/aromatic N) is 5. The van der Waals surface area contributed by atoms with E-state index in [1.54, 1.807) is 31.0 Å². The summed E-state index contributed by atoms with van der Waals surface area (Å²) in [6.45, 7) is 5.74. The van der Waals surface area contributed by atoms with Crippen LogP contribution in [0.2, 0.25) is 0 Å². The van der Waals surface area contributed by atoms with Gasteiger partial charge in [-0.25, -0.2) is 9.97 Å². The fourth-order valence-electron chi connectivity index (χ4n) is 3.03. The van der Waals surface area contributed by atoms with Crippen LogP contribution in [0.3, 0.4) is 0 Å². The molecule has 25 heavy (non-hydrogen) atoms. The molecule has 0 spiro atoms. The van der Waals surface area contributed by atoms with Gasteiger partial charge in [0.05, 0.1) is 24.3 Å². The SMILES string of the molecule is CC(C)CC(=O)N1CCC[C@@H](c2cnc(Nc3cnccn3)cn2)C1. The number of amides is 1. The van der Waals surface area contributed by atoms with Crippen LogP contribution in [0.5, 0.6) is 0 Å². The second kappa shape index (κ2) is 8.00. The molecule has 1 saturated heterocycles. The Hall–Kier alpha value is -2.57. The van der Waals surface area contributed by atoms with Crippen LogP contribution < -0.4 is 5.32 Å². The van der Waals surface area contributed by atoms with E-state index in [1.807, 2.05) is 4.90 Å². The lowest BCUT2D eigenvalue weighted by molar-refractivity contribution is -0.133. The Kier molecular flexibility index (Phi) is 5.53. The molecule has 0 bridgehead atoms. The third kappa shape index (κ3) is 4.71. The van der Waals surface area contributed by atoms with Crippen molar-refractivity contribution in [3.8, 4) is 0 Å². The number of likely N-dealkylation sites (tertiary alicyclic amines) is 1. The zero-order valence-corrected chi connectivity index (χ0v) is 14.7. The molecule has 7 heteroatoms. The largest absolute Gasteiger partial charge is 0.342 e. The van der Waals surface area contributed by atoms with Crippen molar-refractivity contribution in [1.29, 1.82) is 0 Å². The Balaban J connectivity index is 1.62. The highest BCUT2D eigenvalue weighted by Gasteiger charge is 2.26. The fraction of sp³-hybridized carbons (Fsp3) is 0.500. The molecule has 2 aromatic rings. The summed E-state index contributed by atoms with van der Waals surface area (Å²) in [5, 5.41) is 3.07. The predicted octanol–water partition coefficient (Wildman–Crippen LogP) is 2.76. The molecule has 3 rings (SSSR count). The van der Waals surface area contributed by atoms with Gasteiger partial charge in [-0.3, -0.25) is 14.8 Å².